The van der Waals surface area contributed by atoms with Gasteiger partial charge in [0, 0.05) is 46.5 Å². The lowest BCUT2D eigenvalue weighted by atomic mass is 10.1. The van der Waals surface area contributed by atoms with E-state index in [0.717, 1.165) is 58.6 Å². The van der Waals surface area contributed by atoms with Gasteiger partial charge in [0.15, 0.2) is 11.5 Å². The van der Waals surface area contributed by atoms with E-state index in [1.807, 2.05) is 30.7 Å². The predicted octanol–water partition coefficient (Wildman–Crippen LogP) is 5.28. The lowest BCUT2D eigenvalue weighted by molar-refractivity contribution is 0.331. The zero-order chi connectivity index (χ0) is 23.2. The van der Waals surface area contributed by atoms with Crippen LogP contribution in [0.4, 0.5) is 0 Å². The molecule has 1 aliphatic rings. The average Bonchev–Trinajstić information content (AvgIpc) is 3.70. The summed E-state index contributed by atoms with van der Waals surface area (Å²) in [6.45, 7) is 3.25. The van der Waals surface area contributed by atoms with Crippen molar-refractivity contribution in [2.45, 2.75) is 19.4 Å². The molecule has 6 aromatic heterocycles. The van der Waals surface area contributed by atoms with Crippen LogP contribution in [0.15, 0.2) is 60.5 Å². The Bertz CT molecular complexity index is 1640. The third-order valence-corrected chi connectivity index (χ3v) is 7.45. The van der Waals surface area contributed by atoms with E-state index in [9.17, 15) is 0 Å². The molecule has 6 aromatic rings. The van der Waals surface area contributed by atoms with Crippen molar-refractivity contribution in [1.82, 2.24) is 40.0 Å². The van der Waals surface area contributed by atoms with E-state index in [1.54, 1.807) is 17.5 Å². The number of thiophene rings is 1. The quantitative estimate of drug-likeness (QED) is 0.350. The summed E-state index contributed by atoms with van der Waals surface area (Å²) in [5.74, 6) is 0.681. The van der Waals surface area contributed by atoms with E-state index in [0.29, 0.717) is 11.5 Å². The molecule has 0 saturated carbocycles. The van der Waals surface area contributed by atoms with Crippen LogP contribution in [-0.2, 0) is 6.54 Å². The zero-order valence-corrected chi connectivity index (χ0v) is 19.7. The first-order valence-electron chi connectivity index (χ1n) is 11.7. The molecule has 0 spiro atoms. The highest BCUT2D eigenvalue weighted by Gasteiger charge is 2.17. The fourth-order valence-electron chi connectivity index (χ4n) is 4.83. The van der Waals surface area contributed by atoms with Crippen LogP contribution in [0.3, 0.4) is 0 Å². The standard InChI is InChI=1S/C26H22N8S/c1-2-8-34(7-1)15-16-10-17(13-27-12-16)20-11-19-21(14-29-20)32-33-24(19)26-30-23-18(22-4-3-9-35-22)5-6-28-25(23)31-26/h3-6,9-14H,1-2,7-8,15H2,(H,32,33)(H,28,30,31). The van der Waals surface area contributed by atoms with Crippen LogP contribution in [0, 0.1) is 0 Å². The number of fused-ring (bicyclic) bond motifs is 2. The molecule has 7 rings (SSSR count). The largest absolute Gasteiger partial charge is 0.335 e. The Morgan fingerprint density at radius 2 is 1.97 bits per heavy atom. The summed E-state index contributed by atoms with van der Waals surface area (Å²) in [5.41, 5.74) is 7.36. The van der Waals surface area contributed by atoms with Gasteiger partial charge >= 0.3 is 0 Å². The van der Waals surface area contributed by atoms with Crippen LogP contribution in [0.25, 0.3) is 55.3 Å². The molecule has 0 aromatic carbocycles. The van der Waals surface area contributed by atoms with Crippen molar-refractivity contribution in [2.24, 2.45) is 0 Å². The lowest BCUT2D eigenvalue weighted by Crippen LogP contribution is -2.18. The molecule has 1 fully saturated rings. The third kappa shape index (κ3) is 3.69. The maximum absolute atomic E-state index is 4.77. The molecular formula is C26H22N8S. The second kappa shape index (κ2) is 8.37. The first-order chi connectivity index (χ1) is 17.3. The molecule has 0 radical (unpaired) electrons. The van der Waals surface area contributed by atoms with Gasteiger partial charge in [-0.05, 0) is 61.1 Å². The van der Waals surface area contributed by atoms with Crippen LogP contribution in [0.1, 0.15) is 18.4 Å². The molecule has 0 amide bonds. The molecule has 1 aliphatic heterocycles. The molecule has 0 atom stereocenters. The molecule has 35 heavy (non-hydrogen) atoms. The topological polar surface area (TPSA) is 99.3 Å². The molecule has 0 bridgehead atoms. The number of rotatable bonds is 5. The second-order valence-electron chi connectivity index (χ2n) is 8.87. The van der Waals surface area contributed by atoms with Crippen molar-refractivity contribution < 1.29 is 0 Å². The lowest BCUT2D eigenvalue weighted by Gasteiger charge is -2.14. The van der Waals surface area contributed by atoms with E-state index in [-0.39, 0.29) is 0 Å². The van der Waals surface area contributed by atoms with E-state index < -0.39 is 0 Å². The van der Waals surface area contributed by atoms with Crippen molar-refractivity contribution in [3.05, 3.63) is 66.1 Å². The maximum atomic E-state index is 4.77. The number of hydrogen-bond donors (Lipinski definition) is 2. The second-order valence-corrected chi connectivity index (χ2v) is 9.82. The maximum Gasteiger partial charge on any atom is 0.178 e. The molecule has 172 valence electrons. The molecule has 7 heterocycles. The van der Waals surface area contributed by atoms with Crippen LogP contribution in [-0.4, -0.2) is 53.1 Å². The number of aromatic amines is 2. The number of hydrogen-bond acceptors (Lipinski definition) is 7. The van der Waals surface area contributed by atoms with Gasteiger partial charge in [0.1, 0.15) is 5.69 Å². The molecule has 8 nitrogen and oxygen atoms in total. The highest BCUT2D eigenvalue weighted by atomic mass is 32.1. The van der Waals surface area contributed by atoms with Gasteiger partial charge in [-0.1, -0.05) is 6.07 Å². The smallest absolute Gasteiger partial charge is 0.178 e. The van der Waals surface area contributed by atoms with Gasteiger partial charge < -0.3 is 4.98 Å². The number of aromatic nitrogens is 7. The minimum atomic E-state index is 0.676. The Morgan fingerprint density at radius 3 is 2.86 bits per heavy atom. The SMILES string of the molecule is c1csc(-c2ccnc3nc(-c4n[nH]c5cnc(-c6cncc(CN7CCCC7)c6)cc45)[nH]c23)c1. The monoisotopic (exact) mass is 478 g/mol. The van der Waals surface area contributed by atoms with Crippen LogP contribution in [0.5, 0.6) is 0 Å². The number of pyridine rings is 3. The minimum absolute atomic E-state index is 0.676. The summed E-state index contributed by atoms with van der Waals surface area (Å²) in [6, 6.07) is 10.4. The number of H-pyrrole nitrogens is 2. The molecular weight excluding hydrogens is 456 g/mol. The Morgan fingerprint density at radius 1 is 1.03 bits per heavy atom. The van der Waals surface area contributed by atoms with Crippen molar-refractivity contribution in [3.63, 3.8) is 0 Å². The van der Waals surface area contributed by atoms with Crippen LogP contribution < -0.4 is 0 Å². The summed E-state index contributed by atoms with van der Waals surface area (Å²) in [7, 11) is 0. The number of imidazole rings is 1. The summed E-state index contributed by atoms with van der Waals surface area (Å²) in [6.07, 6.45) is 10.0. The Hall–Kier alpha value is -3.95. The van der Waals surface area contributed by atoms with E-state index >= 15 is 0 Å². The van der Waals surface area contributed by atoms with Gasteiger partial charge in [0.05, 0.1) is 22.9 Å². The highest BCUT2D eigenvalue weighted by Crippen LogP contribution is 2.33. The van der Waals surface area contributed by atoms with Gasteiger partial charge in [-0.15, -0.1) is 11.3 Å². The van der Waals surface area contributed by atoms with E-state index in [2.05, 4.69) is 58.6 Å². The molecule has 9 heteroatoms. The van der Waals surface area contributed by atoms with E-state index in [4.69, 9.17) is 4.98 Å². The Balaban J connectivity index is 1.28. The number of nitrogens with zero attached hydrogens (tertiary/aromatic N) is 6. The number of nitrogens with one attached hydrogen (secondary N) is 2. The van der Waals surface area contributed by atoms with Gasteiger partial charge in [0.2, 0.25) is 0 Å². The fraction of sp³-hybridized carbons (Fsp3) is 0.192. The molecule has 1 saturated heterocycles. The van der Waals surface area contributed by atoms with Gasteiger partial charge in [-0.25, -0.2) is 9.97 Å². The van der Waals surface area contributed by atoms with Crippen LogP contribution in [0.2, 0.25) is 0 Å². The Kier molecular flexibility index (Phi) is 4.88. The molecule has 0 unspecified atom stereocenters. The fourth-order valence-corrected chi connectivity index (χ4v) is 5.59. The van der Waals surface area contributed by atoms with Crippen LogP contribution >= 0.6 is 11.3 Å². The summed E-state index contributed by atoms with van der Waals surface area (Å²) in [5, 5.41) is 10.7. The zero-order valence-electron chi connectivity index (χ0n) is 18.9. The number of likely N-dealkylation sites (tertiary alicyclic amines) is 1. The minimum Gasteiger partial charge on any atom is -0.335 e. The molecule has 2 N–H and O–H groups in total. The van der Waals surface area contributed by atoms with Gasteiger partial charge in [0.25, 0.3) is 0 Å². The van der Waals surface area contributed by atoms with E-state index in [1.165, 1.54) is 23.3 Å². The van der Waals surface area contributed by atoms with Crippen molar-refractivity contribution in [1.29, 1.82) is 0 Å². The van der Waals surface area contributed by atoms with Crippen molar-refractivity contribution >= 4 is 33.4 Å². The summed E-state index contributed by atoms with van der Waals surface area (Å²) in [4.78, 5) is 25.5. The normalized spacial score (nSPS) is 14.4. The van der Waals surface area contributed by atoms with Gasteiger partial charge in [-0.2, -0.15) is 5.10 Å². The van der Waals surface area contributed by atoms with Crippen molar-refractivity contribution in [2.75, 3.05) is 13.1 Å². The first kappa shape index (κ1) is 20.4. The highest BCUT2D eigenvalue weighted by molar-refractivity contribution is 7.13. The van der Waals surface area contributed by atoms with Crippen molar-refractivity contribution in [3.8, 4) is 33.2 Å². The Labute approximate surface area is 205 Å². The summed E-state index contributed by atoms with van der Waals surface area (Å²) < 4.78 is 0. The molecule has 0 aliphatic carbocycles. The average molecular weight is 479 g/mol. The predicted molar refractivity (Wildman–Crippen MR) is 138 cm³/mol. The first-order valence-corrected chi connectivity index (χ1v) is 12.6. The van der Waals surface area contributed by atoms with Gasteiger partial charge in [-0.3, -0.25) is 20.0 Å². The third-order valence-electron chi connectivity index (χ3n) is 6.55. The summed E-state index contributed by atoms with van der Waals surface area (Å²) >= 11 is 1.70.